The monoisotopic (exact) mass is 356 g/mol. The summed E-state index contributed by atoms with van der Waals surface area (Å²) in [6.07, 6.45) is 3.79. The molecule has 0 bridgehead atoms. The van der Waals surface area contributed by atoms with E-state index in [1.165, 1.54) is 11.1 Å². The van der Waals surface area contributed by atoms with Crippen molar-refractivity contribution in [3.8, 4) is 0 Å². The highest BCUT2D eigenvalue weighted by molar-refractivity contribution is 5.79. The zero-order valence-corrected chi connectivity index (χ0v) is 15.4. The van der Waals surface area contributed by atoms with Crippen LogP contribution < -0.4 is 10.6 Å². The lowest BCUT2D eigenvalue weighted by molar-refractivity contribution is 0.0389. The number of morpholine rings is 1. The van der Waals surface area contributed by atoms with Crippen LogP contribution in [0, 0.1) is 0 Å². The molecule has 140 valence electrons. The molecular formula is C19H28N6O. The molecule has 0 spiro atoms. The van der Waals surface area contributed by atoms with Crippen LogP contribution in [0.2, 0.25) is 0 Å². The van der Waals surface area contributed by atoms with Crippen LogP contribution in [0.5, 0.6) is 0 Å². The average Bonchev–Trinajstić information content (AvgIpc) is 3.19. The van der Waals surface area contributed by atoms with Crippen LogP contribution in [-0.4, -0.2) is 67.1 Å². The van der Waals surface area contributed by atoms with Gasteiger partial charge in [-0.2, -0.15) is 5.10 Å². The van der Waals surface area contributed by atoms with Gasteiger partial charge in [0.05, 0.1) is 19.8 Å². The predicted octanol–water partition coefficient (Wildman–Crippen LogP) is 0.929. The number of nitrogens with zero attached hydrogens (tertiary/aromatic N) is 4. The summed E-state index contributed by atoms with van der Waals surface area (Å²) in [7, 11) is 1.81. The number of aliphatic imine (C=N–C) groups is 1. The van der Waals surface area contributed by atoms with Gasteiger partial charge in [-0.1, -0.05) is 24.3 Å². The summed E-state index contributed by atoms with van der Waals surface area (Å²) in [5.74, 6) is 0.826. The molecule has 7 nitrogen and oxygen atoms in total. The van der Waals surface area contributed by atoms with Crippen molar-refractivity contribution in [2.45, 2.75) is 13.1 Å². The lowest BCUT2D eigenvalue weighted by Gasteiger charge is -2.26. The fourth-order valence-corrected chi connectivity index (χ4v) is 3.01. The van der Waals surface area contributed by atoms with Gasteiger partial charge in [-0.15, -0.1) is 0 Å². The number of ether oxygens (including phenoxy) is 1. The maximum atomic E-state index is 5.38. The summed E-state index contributed by atoms with van der Waals surface area (Å²) in [4.78, 5) is 6.73. The molecule has 0 amide bonds. The Morgan fingerprint density at radius 2 is 1.96 bits per heavy atom. The van der Waals surface area contributed by atoms with E-state index in [2.05, 4.69) is 49.9 Å². The molecule has 26 heavy (non-hydrogen) atoms. The molecule has 1 saturated heterocycles. The quantitative estimate of drug-likeness (QED) is 0.571. The molecule has 1 aromatic carbocycles. The molecular weight excluding hydrogens is 328 g/mol. The summed E-state index contributed by atoms with van der Waals surface area (Å²) >= 11 is 0. The molecule has 0 radical (unpaired) electrons. The van der Waals surface area contributed by atoms with Gasteiger partial charge < -0.3 is 15.4 Å². The van der Waals surface area contributed by atoms with Crippen LogP contribution >= 0.6 is 0 Å². The molecule has 2 aromatic rings. The van der Waals surface area contributed by atoms with Gasteiger partial charge in [0, 0.05) is 52.2 Å². The molecule has 0 unspecified atom stereocenters. The maximum absolute atomic E-state index is 5.38. The zero-order valence-electron chi connectivity index (χ0n) is 15.4. The third kappa shape index (κ3) is 5.57. The van der Waals surface area contributed by atoms with Gasteiger partial charge in [-0.3, -0.25) is 14.6 Å². The number of hydrogen-bond donors (Lipinski definition) is 2. The molecule has 2 heterocycles. The molecule has 0 saturated carbocycles. The van der Waals surface area contributed by atoms with E-state index < -0.39 is 0 Å². The normalized spacial score (nSPS) is 15.8. The van der Waals surface area contributed by atoms with E-state index in [1.54, 1.807) is 13.2 Å². The highest BCUT2D eigenvalue weighted by Gasteiger charge is 2.10. The standard InChI is InChI=1S/C19H28N6O/c1-20-19(21-8-10-24-11-13-26-14-12-24)22-15-17-5-2-3-6-18(17)16-25-9-4-7-23-25/h2-7,9H,8,10-16H2,1H3,(H2,20,21,22). The molecule has 0 atom stereocenters. The molecule has 1 fully saturated rings. The van der Waals surface area contributed by atoms with Gasteiger partial charge >= 0.3 is 0 Å². The molecule has 0 aliphatic carbocycles. The van der Waals surface area contributed by atoms with Gasteiger partial charge in [-0.25, -0.2) is 0 Å². The van der Waals surface area contributed by atoms with Gasteiger partial charge in [0.15, 0.2) is 5.96 Å². The number of guanidine groups is 1. The van der Waals surface area contributed by atoms with E-state index >= 15 is 0 Å². The van der Waals surface area contributed by atoms with E-state index in [0.717, 1.165) is 58.4 Å². The Labute approximate surface area is 155 Å². The number of rotatable bonds is 7. The number of aromatic nitrogens is 2. The van der Waals surface area contributed by atoms with Crippen molar-refractivity contribution in [1.29, 1.82) is 0 Å². The smallest absolute Gasteiger partial charge is 0.191 e. The van der Waals surface area contributed by atoms with Gasteiger partial charge in [0.2, 0.25) is 0 Å². The van der Waals surface area contributed by atoms with Gasteiger partial charge in [0.25, 0.3) is 0 Å². The first kappa shape index (κ1) is 18.4. The second kappa shape index (κ2) is 9.94. The summed E-state index contributed by atoms with van der Waals surface area (Å²) < 4.78 is 7.32. The van der Waals surface area contributed by atoms with Gasteiger partial charge in [-0.05, 0) is 17.2 Å². The first-order valence-electron chi connectivity index (χ1n) is 9.14. The summed E-state index contributed by atoms with van der Waals surface area (Å²) in [5.41, 5.74) is 2.51. The Bertz CT molecular complexity index is 679. The molecule has 7 heteroatoms. The minimum absolute atomic E-state index is 0.731. The van der Waals surface area contributed by atoms with Gasteiger partial charge in [0.1, 0.15) is 0 Å². The first-order valence-corrected chi connectivity index (χ1v) is 9.14. The molecule has 1 aliphatic heterocycles. The van der Waals surface area contributed by atoms with E-state index in [9.17, 15) is 0 Å². The lowest BCUT2D eigenvalue weighted by Crippen LogP contribution is -2.44. The maximum Gasteiger partial charge on any atom is 0.191 e. The van der Waals surface area contributed by atoms with Crippen molar-refractivity contribution in [1.82, 2.24) is 25.3 Å². The second-order valence-electron chi connectivity index (χ2n) is 6.28. The van der Waals surface area contributed by atoms with E-state index in [1.807, 2.05) is 16.9 Å². The number of benzene rings is 1. The molecule has 3 rings (SSSR count). The van der Waals surface area contributed by atoms with E-state index in [0.29, 0.717) is 0 Å². The van der Waals surface area contributed by atoms with Crippen LogP contribution in [0.1, 0.15) is 11.1 Å². The Balaban J connectivity index is 1.47. The van der Waals surface area contributed by atoms with Crippen molar-refractivity contribution < 1.29 is 4.74 Å². The highest BCUT2D eigenvalue weighted by atomic mass is 16.5. The van der Waals surface area contributed by atoms with Crippen LogP contribution in [0.25, 0.3) is 0 Å². The van der Waals surface area contributed by atoms with Crippen LogP contribution in [-0.2, 0) is 17.8 Å². The van der Waals surface area contributed by atoms with Crippen LogP contribution in [0.4, 0.5) is 0 Å². The molecule has 1 aliphatic rings. The number of nitrogens with one attached hydrogen (secondary N) is 2. The van der Waals surface area contributed by atoms with Crippen LogP contribution in [0.3, 0.4) is 0 Å². The van der Waals surface area contributed by atoms with E-state index in [-0.39, 0.29) is 0 Å². The minimum atomic E-state index is 0.731. The fourth-order valence-electron chi connectivity index (χ4n) is 3.01. The Morgan fingerprint density at radius 3 is 2.69 bits per heavy atom. The lowest BCUT2D eigenvalue weighted by atomic mass is 10.1. The summed E-state index contributed by atoms with van der Waals surface area (Å²) in [5, 5.41) is 11.1. The predicted molar refractivity (Wildman–Crippen MR) is 103 cm³/mol. The van der Waals surface area contributed by atoms with E-state index in [4.69, 9.17) is 4.74 Å². The topological polar surface area (TPSA) is 66.7 Å². The SMILES string of the molecule is CN=C(NCCN1CCOCC1)NCc1ccccc1Cn1cccn1. The van der Waals surface area contributed by atoms with Crippen molar-refractivity contribution in [3.05, 3.63) is 53.9 Å². The minimum Gasteiger partial charge on any atom is -0.379 e. The second-order valence-corrected chi connectivity index (χ2v) is 6.28. The average molecular weight is 356 g/mol. The van der Waals surface area contributed by atoms with Crippen LogP contribution in [0.15, 0.2) is 47.7 Å². The number of hydrogen-bond acceptors (Lipinski definition) is 4. The van der Waals surface area contributed by atoms with Crippen molar-refractivity contribution in [3.63, 3.8) is 0 Å². The molecule has 1 aromatic heterocycles. The Kier molecular flexibility index (Phi) is 7.04. The van der Waals surface area contributed by atoms with Crippen molar-refractivity contribution in [2.75, 3.05) is 46.4 Å². The largest absolute Gasteiger partial charge is 0.379 e. The Morgan fingerprint density at radius 1 is 1.15 bits per heavy atom. The highest BCUT2D eigenvalue weighted by Crippen LogP contribution is 2.10. The summed E-state index contributed by atoms with van der Waals surface area (Å²) in [6.45, 7) is 7.06. The third-order valence-electron chi connectivity index (χ3n) is 4.50. The Hall–Kier alpha value is -2.38. The third-order valence-corrected chi connectivity index (χ3v) is 4.50. The summed E-state index contributed by atoms with van der Waals surface area (Å²) in [6, 6.07) is 10.4. The fraction of sp³-hybridized carbons (Fsp3) is 0.474. The first-order chi connectivity index (χ1) is 12.8. The molecule has 2 N–H and O–H groups in total. The van der Waals surface area contributed by atoms with Crippen molar-refractivity contribution >= 4 is 5.96 Å². The zero-order chi connectivity index (χ0) is 18.0. The van der Waals surface area contributed by atoms with Crippen molar-refractivity contribution in [2.24, 2.45) is 4.99 Å².